The van der Waals surface area contributed by atoms with Gasteiger partial charge < -0.3 is 0 Å². The number of benzene rings is 13. The smallest absolute Gasteiger partial charge is 0.0622 e. The van der Waals surface area contributed by atoms with Crippen molar-refractivity contribution >= 4 is 43.1 Å². The second-order valence-corrected chi connectivity index (χ2v) is 19.5. The van der Waals surface area contributed by atoms with Gasteiger partial charge in [0, 0.05) is 0 Å². The fourth-order valence-electron chi connectivity index (χ4n) is 12.5. The summed E-state index contributed by atoms with van der Waals surface area (Å²) in [6, 6.07) is 102. The molecular formula is C72H48. The first-order valence-electron chi connectivity index (χ1n) is 25.2. The normalized spacial score (nSPS) is 14.0. The van der Waals surface area contributed by atoms with Gasteiger partial charge in [0.05, 0.1) is 5.41 Å². The Kier molecular flexibility index (Phi) is 9.76. The van der Waals surface area contributed by atoms with Crippen molar-refractivity contribution in [3.8, 4) is 66.8 Å². The molecule has 14 rings (SSSR count). The molecule has 0 fully saturated rings. The highest BCUT2D eigenvalue weighted by molar-refractivity contribution is 6.23. The average Bonchev–Trinajstić information content (AvgIpc) is 3.74. The molecule has 1 unspecified atom stereocenters. The van der Waals surface area contributed by atoms with Crippen molar-refractivity contribution in [2.24, 2.45) is 0 Å². The van der Waals surface area contributed by atoms with Crippen LogP contribution in [0, 0.1) is 6.92 Å². The van der Waals surface area contributed by atoms with Crippen molar-refractivity contribution in [1.82, 2.24) is 0 Å². The number of hydrogen-bond donors (Lipinski definition) is 0. The van der Waals surface area contributed by atoms with Gasteiger partial charge in [0.1, 0.15) is 0 Å². The molecule has 0 aromatic heterocycles. The maximum Gasteiger partial charge on any atom is 0.0714 e. The van der Waals surface area contributed by atoms with E-state index < -0.39 is 5.41 Å². The van der Waals surface area contributed by atoms with E-state index >= 15 is 0 Å². The summed E-state index contributed by atoms with van der Waals surface area (Å²) >= 11 is 0. The van der Waals surface area contributed by atoms with Gasteiger partial charge in [0.15, 0.2) is 0 Å². The molecule has 0 radical (unpaired) electrons. The Morgan fingerprint density at radius 2 is 0.514 bits per heavy atom. The predicted octanol–water partition coefficient (Wildman–Crippen LogP) is 19.3. The molecule has 13 aromatic carbocycles. The molecule has 1 aliphatic carbocycles. The third kappa shape index (κ3) is 6.39. The van der Waals surface area contributed by atoms with Crippen LogP contribution < -0.4 is 0 Å². The summed E-state index contributed by atoms with van der Waals surface area (Å²) in [7, 11) is 0. The fourth-order valence-corrected chi connectivity index (χ4v) is 12.5. The molecule has 0 amide bonds. The summed E-state index contributed by atoms with van der Waals surface area (Å²) in [5.74, 6) is 0. The van der Waals surface area contributed by atoms with Crippen LogP contribution in [0.5, 0.6) is 0 Å². The zero-order valence-corrected chi connectivity index (χ0v) is 40.0. The Morgan fingerprint density at radius 3 is 0.931 bits per heavy atom. The molecule has 1 aliphatic rings. The highest BCUT2D eigenvalue weighted by atomic mass is 14.5. The Morgan fingerprint density at radius 1 is 0.222 bits per heavy atom. The van der Waals surface area contributed by atoms with Gasteiger partial charge in [-0.1, -0.05) is 266 Å². The highest BCUT2D eigenvalue weighted by Gasteiger charge is 2.46. The molecule has 0 N–H and O–H groups in total. The predicted molar refractivity (Wildman–Crippen MR) is 306 cm³/mol. The summed E-state index contributed by atoms with van der Waals surface area (Å²) < 4.78 is 0. The van der Waals surface area contributed by atoms with Gasteiger partial charge in [-0.3, -0.25) is 0 Å². The number of hydrogen-bond acceptors (Lipinski definition) is 0. The van der Waals surface area contributed by atoms with Crippen LogP contribution in [0.2, 0.25) is 0 Å². The van der Waals surface area contributed by atoms with Crippen molar-refractivity contribution in [2.75, 3.05) is 0 Å². The fraction of sp³-hybridized carbons (Fsp3) is 0.0278. The minimum atomic E-state index is -0.598. The zero-order chi connectivity index (χ0) is 47.8. The van der Waals surface area contributed by atoms with Crippen LogP contribution in [-0.2, 0) is 5.41 Å². The van der Waals surface area contributed by atoms with Gasteiger partial charge in [-0.25, -0.2) is 0 Å². The van der Waals surface area contributed by atoms with Crippen molar-refractivity contribution in [1.29, 1.82) is 0 Å². The maximum absolute atomic E-state index is 2.53. The van der Waals surface area contributed by atoms with Gasteiger partial charge in [-0.2, -0.15) is 0 Å². The third-order valence-corrected chi connectivity index (χ3v) is 15.6. The molecule has 336 valence electrons. The highest BCUT2D eigenvalue weighted by Crippen LogP contribution is 2.58. The van der Waals surface area contributed by atoms with E-state index in [0.29, 0.717) is 0 Å². The van der Waals surface area contributed by atoms with Crippen LogP contribution in [0.25, 0.3) is 110 Å². The molecule has 0 saturated heterocycles. The second kappa shape index (κ2) is 16.8. The average molecular weight is 913 g/mol. The molecule has 0 nitrogen and oxygen atoms in total. The van der Waals surface area contributed by atoms with E-state index in [1.165, 1.54) is 138 Å². The van der Waals surface area contributed by atoms with E-state index in [1.54, 1.807) is 0 Å². The first kappa shape index (κ1) is 41.8. The largest absolute Gasteiger partial charge is 0.0714 e. The number of rotatable bonds is 7. The van der Waals surface area contributed by atoms with Crippen molar-refractivity contribution in [2.45, 2.75) is 12.3 Å². The zero-order valence-electron chi connectivity index (χ0n) is 40.0. The Balaban J connectivity index is 0.967. The van der Waals surface area contributed by atoms with E-state index in [9.17, 15) is 0 Å². The Bertz CT molecular complexity index is 4110. The molecule has 0 heterocycles. The van der Waals surface area contributed by atoms with Crippen molar-refractivity contribution < 1.29 is 0 Å². The quantitative estimate of drug-likeness (QED) is 0.140. The summed E-state index contributed by atoms with van der Waals surface area (Å²) in [6.45, 7) is 2.19. The van der Waals surface area contributed by atoms with E-state index in [2.05, 4.69) is 280 Å². The first-order valence-corrected chi connectivity index (χ1v) is 25.2. The van der Waals surface area contributed by atoms with Gasteiger partial charge in [0.25, 0.3) is 0 Å². The Hall–Kier alpha value is -9.10. The lowest BCUT2D eigenvalue weighted by atomic mass is 9.67. The van der Waals surface area contributed by atoms with Gasteiger partial charge in [-0.15, -0.1) is 0 Å². The van der Waals surface area contributed by atoms with Gasteiger partial charge in [0.2, 0.25) is 0 Å². The van der Waals surface area contributed by atoms with E-state index in [-0.39, 0.29) is 0 Å². The van der Waals surface area contributed by atoms with E-state index in [4.69, 9.17) is 0 Å². The monoisotopic (exact) mass is 912 g/mol. The lowest BCUT2D eigenvalue weighted by Gasteiger charge is -2.34. The van der Waals surface area contributed by atoms with E-state index in [1.807, 2.05) is 0 Å². The summed E-state index contributed by atoms with van der Waals surface area (Å²) in [5.41, 5.74) is 20.7. The molecule has 0 heteroatoms. The van der Waals surface area contributed by atoms with Gasteiger partial charge in [-0.05, 0) is 151 Å². The summed E-state index contributed by atoms with van der Waals surface area (Å²) in [4.78, 5) is 0. The van der Waals surface area contributed by atoms with Crippen LogP contribution in [0.3, 0.4) is 0 Å². The molecule has 0 spiro atoms. The standard InChI is InChI=1S/C72H48/c1-47-33-41-55(42-34-47)72(54-23-9-4-10-24-54)66-45-52(48-35-37-51(38-36-48)70-60-27-13-11-25-58(60)68(49-19-5-2-6-20-49)59-26-12-14-28-61(59)70)39-43-56(66)57-44-40-53(46-67(57)72)71-64-31-17-15-29-62(64)69(50-21-7-3-8-22-50)63-30-16-18-32-65(63)71/h2-46H,1H3. The molecule has 0 bridgehead atoms. The molecule has 1 atom stereocenters. The molecule has 0 aliphatic heterocycles. The number of aryl methyl sites for hydroxylation is 1. The SMILES string of the molecule is Cc1ccc(C2(c3ccccc3)c3cc(-c4ccc(-c5c6ccccc6c(-c6ccccc6)c6ccccc56)cc4)ccc3-c3ccc(-c4c5ccccc5c(-c5ccccc5)c5ccccc45)cc32)cc1. The van der Waals surface area contributed by atoms with Crippen molar-refractivity contribution in [3.05, 3.63) is 301 Å². The molecule has 72 heavy (non-hydrogen) atoms. The molecule has 13 aromatic rings. The molecular weight excluding hydrogens is 865 g/mol. The second-order valence-electron chi connectivity index (χ2n) is 19.5. The maximum atomic E-state index is 2.53. The Labute approximate surface area is 420 Å². The minimum Gasteiger partial charge on any atom is -0.0622 e. The van der Waals surface area contributed by atoms with Crippen molar-refractivity contribution in [3.63, 3.8) is 0 Å². The summed E-state index contributed by atoms with van der Waals surface area (Å²) in [5, 5.41) is 10.1. The first-order chi connectivity index (χ1) is 35.6. The van der Waals surface area contributed by atoms with Crippen LogP contribution in [0.15, 0.2) is 273 Å². The topological polar surface area (TPSA) is 0 Å². The number of fused-ring (bicyclic) bond motifs is 7. The van der Waals surface area contributed by atoms with E-state index in [0.717, 1.165) is 0 Å². The van der Waals surface area contributed by atoms with Crippen LogP contribution in [-0.4, -0.2) is 0 Å². The molecule has 0 saturated carbocycles. The minimum absolute atomic E-state index is 0.598. The summed E-state index contributed by atoms with van der Waals surface area (Å²) in [6.07, 6.45) is 0. The third-order valence-electron chi connectivity index (χ3n) is 15.6. The lowest BCUT2D eigenvalue weighted by Crippen LogP contribution is -2.28. The lowest BCUT2D eigenvalue weighted by molar-refractivity contribution is 0.768. The van der Waals surface area contributed by atoms with Crippen LogP contribution in [0.1, 0.15) is 27.8 Å². The van der Waals surface area contributed by atoms with Gasteiger partial charge >= 0.3 is 0 Å². The van der Waals surface area contributed by atoms with Crippen LogP contribution in [0.4, 0.5) is 0 Å². The van der Waals surface area contributed by atoms with Crippen LogP contribution >= 0.6 is 0 Å².